The van der Waals surface area contributed by atoms with Crippen molar-refractivity contribution in [2.75, 3.05) is 6.54 Å². The van der Waals surface area contributed by atoms with E-state index < -0.39 is 11.7 Å². The van der Waals surface area contributed by atoms with Gasteiger partial charge in [0.25, 0.3) is 11.8 Å². The van der Waals surface area contributed by atoms with Crippen molar-refractivity contribution in [3.8, 4) is 0 Å². The third-order valence-corrected chi connectivity index (χ3v) is 5.37. The van der Waals surface area contributed by atoms with Gasteiger partial charge in [-0.05, 0) is 24.8 Å². The van der Waals surface area contributed by atoms with Gasteiger partial charge in [-0.15, -0.1) is 10.2 Å². The molecule has 1 aromatic heterocycles. The Hall–Kier alpha value is -2.87. The number of rotatable bonds is 5. The number of aromatic nitrogens is 2. The molecule has 2 aromatic rings. The number of H-pyrrole nitrogens is 1. The molecule has 0 saturated heterocycles. The molecular formula is C19H17ClFN5O2. The zero-order valence-corrected chi connectivity index (χ0v) is 15.6. The first kappa shape index (κ1) is 18.5. The fourth-order valence-corrected chi connectivity index (χ4v) is 3.74. The maximum Gasteiger partial charge on any atom is 0.298 e. The third kappa shape index (κ3) is 3.47. The Morgan fingerprint density at radius 1 is 1.29 bits per heavy atom. The van der Waals surface area contributed by atoms with Crippen LogP contribution in [0.15, 0.2) is 34.6 Å². The molecule has 2 N–H and O–H groups in total. The quantitative estimate of drug-likeness (QED) is 0.792. The van der Waals surface area contributed by atoms with E-state index in [1.807, 2.05) is 0 Å². The van der Waals surface area contributed by atoms with Crippen molar-refractivity contribution in [1.82, 2.24) is 15.3 Å². The Kier molecular flexibility index (Phi) is 5.04. The summed E-state index contributed by atoms with van der Waals surface area (Å²) in [6, 6.07) is 4.16. The number of azo groups is 1. The van der Waals surface area contributed by atoms with Gasteiger partial charge in [0.1, 0.15) is 11.5 Å². The molecule has 0 radical (unpaired) electrons. The van der Waals surface area contributed by atoms with Crippen LogP contribution in [0, 0.1) is 11.7 Å². The van der Waals surface area contributed by atoms with Gasteiger partial charge in [-0.1, -0.05) is 36.6 Å². The molecule has 144 valence electrons. The molecule has 0 bridgehead atoms. The number of carbonyl (C=O) groups excluding carboxylic acids is 2. The smallest absolute Gasteiger partial charge is 0.298 e. The number of hydrogen-bond acceptors (Lipinski definition) is 4. The van der Waals surface area contributed by atoms with Gasteiger partial charge in [0.05, 0.1) is 22.5 Å². The normalized spacial score (nSPS) is 17.0. The molecule has 1 aliphatic heterocycles. The molecule has 2 amide bonds. The van der Waals surface area contributed by atoms with Crippen LogP contribution in [0.5, 0.6) is 0 Å². The van der Waals surface area contributed by atoms with Crippen molar-refractivity contribution < 1.29 is 14.0 Å². The molecule has 4 rings (SSSR count). The van der Waals surface area contributed by atoms with Crippen LogP contribution in [0.3, 0.4) is 0 Å². The second-order valence-electron chi connectivity index (χ2n) is 6.84. The number of hydrogen-bond donors (Lipinski definition) is 2. The summed E-state index contributed by atoms with van der Waals surface area (Å²) in [6.07, 6.45) is 6.03. The summed E-state index contributed by atoms with van der Waals surface area (Å²) >= 11 is 6.02. The molecular weight excluding hydrogens is 385 g/mol. The Morgan fingerprint density at radius 2 is 2.07 bits per heavy atom. The molecule has 1 fully saturated rings. The number of nitrogens with one attached hydrogen (secondary N) is 2. The average molecular weight is 402 g/mol. The van der Waals surface area contributed by atoms with E-state index in [0.717, 1.165) is 12.8 Å². The van der Waals surface area contributed by atoms with Crippen LogP contribution in [-0.2, 0) is 4.79 Å². The molecule has 28 heavy (non-hydrogen) atoms. The predicted molar refractivity (Wildman–Crippen MR) is 101 cm³/mol. The fraction of sp³-hybridized carbons (Fsp3) is 0.316. The summed E-state index contributed by atoms with van der Waals surface area (Å²) in [4.78, 5) is 31.5. The summed E-state index contributed by atoms with van der Waals surface area (Å²) in [5, 5.41) is 10.1. The van der Waals surface area contributed by atoms with Gasteiger partial charge in [0.2, 0.25) is 0 Å². The van der Waals surface area contributed by atoms with Crippen molar-refractivity contribution in [2.24, 2.45) is 16.1 Å². The van der Waals surface area contributed by atoms with E-state index in [1.54, 1.807) is 0 Å². The van der Waals surface area contributed by atoms with Crippen LogP contribution in [0.2, 0.25) is 5.02 Å². The van der Waals surface area contributed by atoms with Crippen molar-refractivity contribution in [2.45, 2.75) is 25.7 Å². The summed E-state index contributed by atoms with van der Waals surface area (Å²) in [7, 11) is 0. The minimum Gasteiger partial charge on any atom is -0.349 e. The molecule has 1 aromatic carbocycles. The first-order valence-corrected chi connectivity index (χ1v) is 9.40. The van der Waals surface area contributed by atoms with E-state index in [2.05, 4.69) is 25.5 Å². The first-order chi connectivity index (χ1) is 13.5. The van der Waals surface area contributed by atoms with Crippen molar-refractivity contribution in [1.29, 1.82) is 0 Å². The minimum atomic E-state index is -0.651. The van der Waals surface area contributed by atoms with Crippen LogP contribution >= 0.6 is 11.6 Å². The second-order valence-corrected chi connectivity index (χ2v) is 7.21. The minimum absolute atomic E-state index is 0.0612. The van der Waals surface area contributed by atoms with E-state index in [9.17, 15) is 14.0 Å². The summed E-state index contributed by atoms with van der Waals surface area (Å²) in [6.45, 7) is 0.611. The Balaban J connectivity index is 1.60. The molecule has 7 nitrogen and oxygen atoms in total. The van der Waals surface area contributed by atoms with Crippen LogP contribution in [0.4, 0.5) is 4.39 Å². The molecule has 2 aliphatic rings. The van der Waals surface area contributed by atoms with Crippen molar-refractivity contribution in [3.63, 3.8) is 0 Å². The monoisotopic (exact) mass is 401 g/mol. The highest BCUT2D eigenvalue weighted by atomic mass is 35.5. The summed E-state index contributed by atoms with van der Waals surface area (Å²) in [5.41, 5.74) is 0.746. The number of imidazole rings is 1. The molecule has 0 spiro atoms. The highest BCUT2D eigenvalue weighted by molar-refractivity contribution is 6.37. The standard InChI is InChI=1S/C19H17ClFN5O2/c20-15-11(6-3-7-12(15)21)14-16(25-26-18(14)27)13-9-22-17(24-13)19(28)23-8-10-4-1-2-5-10/h3,6-7,9-10H,1-2,4-5,8H2,(H,22,24)(H,23,28). The molecule has 1 saturated carbocycles. The van der Waals surface area contributed by atoms with Crippen molar-refractivity contribution in [3.05, 3.63) is 52.3 Å². The number of nitrogens with zero attached hydrogens (tertiary/aromatic N) is 3. The SMILES string of the molecule is O=C1N=NC(c2cnc(C(=O)NCC3CCCC3)[nH]2)=C1c1cccc(F)c1Cl. The highest BCUT2D eigenvalue weighted by Crippen LogP contribution is 2.36. The topological polar surface area (TPSA) is 99.6 Å². The number of aromatic amines is 1. The van der Waals surface area contributed by atoms with Crippen LogP contribution in [-0.4, -0.2) is 28.3 Å². The number of carbonyl (C=O) groups is 2. The number of halogens is 2. The largest absolute Gasteiger partial charge is 0.349 e. The first-order valence-electron chi connectivity index (χ1n) is 9.03. The zero-order valence-electron chi connectivity index (χ0n) is 14.8. The maximum atomic E-state index is 13.8. The Labute approximate surface area is 165 Å². The molecule has 2 heterocycles. The van der Waals surface area contributed by atoms with E-state index in [-0.39, 0.29) is 33.6 Å². The summed E-state index contributed by atoms with van der Waals surface area (Å²) in [5.74, 6) is -0.999. The fourth-order valence-electron chi connectivity index (χ4n) is 3.52. The van der Waals surface area contributed by atoms with E-state index >= 15 is 0 Å². The summed E-state index contributed by atoms with van der Waals surface area (Å²) < 4.78 is 13.8. The van der Waals surface area contributed by atoms with Crippen LogP contribution < -0.4 is 5.32 Å². The second kappa shape index (κ2) is 7.63. The van der Waals surface area contributed by atoms with E-state index in [0.29, 0.717) is 18.2 Å². The van der Waals surface area contributed by atoms with E-state index in [1.165, 1.54) is 37.2 Å². The number of benzene rings is 1. The van der Waals surface area contributed by atoms with Crippen LogP contribution in [0.1, 0.15) is 47.6 Å². The zero-order chi connectivity index (χ0) is 19.7. The van der Waals surface area contributed by atoms with Gasteiger partial charge in [-0.3, -0.25) is 9.59 Å². The number of amides is 2. The average Bonchev–Trinajstić information content (AvgIpc) is 3.43. The van der Waals surface area contributed by atoms with Gasteiger partial charge in [-0.25, -0.2) is 9.37 Å². The lowest BCUT2D eigenvalue weighted by Crippen LogP contribution is -2.29. The molecule has 0 atom stereocenters. The molecule has 0 unspecified atom stereocenters. The maximum absolute atomic E-state index is 13.8. The van der Waals surface area contributed by atoms with Gasteiger partial charge in [0.15, 0.2) is 5.82 Å². The van der Waals surface area contributed by atoms with Gasteiger partial charge in [0, 0.05) is 12.1 Å². The van der Waals surface area contributed by atoms with Gasteiger partial charge in [-0.2, -0.15) is 0 Å². The predicted octanol–water partition coefficient (Wildman–Crippen LogP) is 3.98. The van der Waals surface area contributed by atoms with Crippen molar-refractivity contribution >= 4 is 34.7 Å². The molecule has 9 heteroatoms. The molecule has 1 aliphatic carbocycles. The van der Waals surface area contributed by atoms with Crippen LogP contribution in [0.25, 0.3) is 11.3 Å². The Morgan fingerprint density at radius 3 is 2.86 bits per heavy atom. The lowest BCUT2D eigenvalue weighted by Gasteiger charge is -2.09. The lowest BCUT2D eigenvalue weighted by atomic mass is 10.0. The Bertz CT molecular complexity index is 1010. The van der Waals surface area contributed by atoms with Gasteiger partial charge < -0.3 is 10.3 Å². The lowest BCUT2D eigenvalue weighted by molar-refractivity contribution is -0.112. The highest BCUT2D eigenvalue weighted by Gasteiger charge is 2.28. The van der Waals surface area contributed by atoms with Gasteiger partial charge >= 0.3 is 0 Å². The third-order valence-electron chi connectivity index (χ3n) is 4.98. The van der Waals surface area contributed by atoms with E-state index in [4.69, 9.17) is 11.6 Å².